The van der Waals surface area contributed by atoms with E-state index in [4.69, 9.17) is 0 Å². The summed E-state index contributed by atoms with van der Waals surface area (Å²) in [5.41, 5.74) is 7.40. The van der Waals surface area contributed by atoms with E-state index in [1.54, 1.807) is 49.6 Å². The van der Waals surface area contributed by atoms with Gasteiger partial charge in [0.25, 0.3) is 0 Å². The molecule has 0 atom stereocenters. The SMILES string of the molecule is [Zn].c1ccc(C(=C(c2ccccc2)c2ccccc2)c2ccccc2)cc1.c1cn[nH]n1.c1cn[nH]n1.c1cn[nH]n1.c1cn[nH]n1. The van der Waals surface area contributed by atoms with Gasteiger partial charge in [-0.2, -0.15) is 61.6 Å². The van der Waals surface area contributed by atoms with Crippen LogP contribution in [0.4, 0.5) is 0 Å². The Labute approximate surface area is 284 Å². The quantitative estimate of drug-likeness (QED) is 0.132. The Kier molecular flexibility index (Phi) is 16.8. The second kappa shape index (κ2) is 22.3. The Hall–Kier alpha value is -6.20. The van der Waals surface area contributed by atoms with Gasteiger partial charge >= 0.3 is 0 Å². The molecular weight excluding hydrogens is 642 g/mol. The van der Waals surface area contributed by atoms with E-state index in [9.17, 15) is 0 Å². The van der Waals surface area contributed by atoms with Crippen LogP contribution in [-0.2, 0) is 19.5 Å². The van der Waals surface area contributed by atoms with E-state index < -0.39 is 0 Å². The normalized spacial score (nSPS) is 9.11. The smallest absolute Gasteiger partial charge is 0.0690 e. The standard InChI is InChI=1S/C26H20.4C2H3N3.Zn/c1-5-13-21(14-6-1)25(22-15-7-2-8-16-22)26(23-17-9-3-10-18-23)24-19-11-4-12-20-24;4*1-2-4-5-3-1;/h1-20H;4*1-2H,(H,3,4,5);. The topological polar surface area (TPSA) is 166 Å². The summed E-state index contributed by atoms with van der Waals surface area (Å²) in [6.07, 6.45) is 12.7. The Balaban J connectivity index is 0.000000227. The zero-order valence-corrected chi connectivity index (χ0v) is 28.4. The van der Waals surface area contributed by atoms with Crippen LogP contribution in [0, 0.1) is 0 Å². The van der Waals surface area contributed by atoms with Crippen molar-refractivity contribution >= 4 is 11.1 Å². The van der Waals surface area contributed by atoms with Crippen LogP contribution in [-0.4, -0.2) is 61.6 Å². The van der Waals surface area contributed by atoms with Gasteiger partial charge < -0.3 is 0 Å². The molecule has 0 fully saturated rings. The van der Waals surface area contributed by atoms with Gasteiger partial charge in [0.1, 0.15) is 0 Å². The van der Waals surface area contributed by atoms with Gasteiger partial charge in [-0.05, 0) is 33.4 Å². The number of H-pyrrole nitrogens is 4. The van der Waals surface area contributed by atoms with Gasteiger partial charge in [0.05, 0.1) is 49.6 Å². The van der Waals surface area contributed by atoms with Crippen molar-refractivity contribution in [2.24, 2.45) is 0 Å². The summed E-state index contributed by atoms with van der Waals surface area (Å²) in [5, 5.41) is 37.3. The first-order valence-electron chi connectivity index (χ1n) is 14.1. The minimum atomic E-state index is 0. The van der Waals surface area contributed by atoms with Crippen molar-refractivity contribution in [1.29, 1.82) is 0 Å². The van der Waals surface area contributed by atoms with Crippen LogP contribution in [0.15, 0.2) is 171 Å². The predicted molar refractivity (Wildman–Crippen MR) is 176 cm³/mol. The molecule has 13 heteroatoms. The maximum atomic E-state index is 3.49. The third-order valence-corrected chi connectivity index (χ3v) is 5.82. The van der Waals surface area contributed by atoms with Crippen molar-refractivity contribution in [3.63, 3.8) is 0 Å². The summed E-state index contributed by atoms with van der Waals surface area (Å²) < 4.78 is 0. The van der Waals surface area contributed by atoms with E-state index in [0.717, 1.165) is 0 Å². The second-order valence-electron chi connectivity index (χ2n) is 8.84. The monoisotopic (exact) mass is 672 g/mol. The average molecular weight is 674 g/mol. The summed E-state index contributed by atoms with van der Waals surface area (Å²) in [4.78, 5) is 0. The van der Waals surface area contributed by atoms with Gasteiger partial charge in [-0.25, -0.2) is 0 Å². The largest absolute Gasteiger partial charge is 0.198 e. The van der Waals surface area contributed by atoms with E-state index in [1.807, 2.05) is 0 Å². The molecule has 8 rings (SSSR count). The van der Waals surface area contributed by atoms with E-state index >= 15 is 0 Å². The summed E-state index contributed by atoms with van der Waals surface area (Å²) >= 11 is 0. The molecular formula is C34H32N12Zn. The summed E-state index contributed by atoms with van der Waals surface area (Å²) in [5.74, 6) is 0. The molecule has 0 aliphatic heterocycles. The van der Waals surface area contributed by atoms with Crippen LogP contribution in [0.1, 0.15) is 22.3 Å². The van der Waals surface area contributed by atoms with Crippen LogP contribution in [0.2, 0.25) is 0 Å². The average Bonchev–Trinajstić information content (AvgIpc) is 3.99. The van der Waals surface area contributed by atoms with E-state index in [-0.39, 0.29) is 19.5 Å². The number of aromatic nitrogens is 12. The first kappa shape index (κ1) is 35.3. The number of hydrogen-bond donors (Lipinski definition) is 4. The number of hydrogen-bond acceptors (Lipinski definition) is 8. The van der Waals surface area contributed by atoms with Crippen molar-refractivity contribution in [2.75, 3.05) is 0 Å². The zero-order valence-electron chi connectivity index (χ0n) is 25.5. The number of nitrogens with one attached hydrogen (secondary N) is 4. The van der Waals surface area contributed by atoms with E-state index in [0.29, 0.717) is 0 Å². The van der Waals surface area contributed by atoms with Crippen LogP contribution in [0.3, 0.4) is 0 Å². The van der Waals surface area contributed by atoms with Gasteiger partial charge in [-0.3, -0.25) is 0 Å². The molecule has 12 nitrogen and oxygen atoms in total. The van der Waals surface area contributed by atoms with E-state index in [1.165, 1.54) is 33.4 Å². The zero-order chi connectivity index (χ0) is 31.7. The molecule has 0 aliphatic rings. The first-order valence-corrected chi connectivity index (χ1v) is 14.1. The third-order valence-electron chi connectivity index (χ3n) is 5.82. The maximum absolute atomic E-state index is 3.49. The van der Waals surface area contributed by atoms with Crippen molar-refractivity contribution in [3.05, 3.63) is 193 Å². The molecule has 4 heterocycles. The molecule has 4 aromatic carbocycles. The van der Waals surface area contributed by atoms with Crippen molar-refractivity contribution in [2.45, 2.75) is 0 Å². The molecule has 0 spiro atoms. The molecule has 0 amide bonds. The number of nitrogens with zero attached hydrogens (tertiary/aromatic N) is 8. The van der Waals surface area contributed by atoms with Crippen molar-refractivity contribution < 1.29 is 19.5 Å². The molecule has 4 N–H and O–H groups in total. The van der Waals surface area contributed by atoms with Gasteiger partial charge in [0.2, 0.25) is 0 Å². The molecule has 8 aromatic rings. The summed E-state index contributed by atoms with van der Waals surface area (Å²) in [6.45, 7) is 0. The summed E-state index contributed by atoms with van der Waals surface area (Å²) in [6, 6.07) is 42.6. The van der Waals surface area contributed by atoms with Gasteiger partial charge in [0, 0.05) is 19.5 Å². The molecule has 0 unspecified atom stereocenters. The molecule has 0 saturated carbocycles. The van der Waals surface area contributed by atoms with Crippen LogP contribution in [0.25, 0.3) is 11.1 Å². The maximum Gasteiger partial charge on any atom is 0.0690 e. The fourth-order valence-corrected chi connectivity index (χ4v) is 4.00. The second-order valence-corrected chi connectivity index (χ2v) is 8.84. The Morgan fingerprint density at radius 2 is 0.447 bits per heavy atom. The Morgan fingerprint density at radius 3 is 0.574 bits per heavy atom. The molecule has 0 bridgehead atoms. The molecule has 0 saturated heterocycles. The molecule has 47 heavy (non-hydrogen) atoms. The van der Waals surface area contributed by atoms with Crippen LogP contribution >= 0.6 is 0 Å². The molecule has 230 valence electrons. The molecule has 0 aliphatic carbocycles. The van der Waals surface area contributed by atoms with Crippen LogP contribution < -0.4 is 0 Å². The fraction of sp³-hybridized carbons (Fsp3) is 0. The minimum Gasteiger partial charge on any atom is -0.198 e. The predicted octanol–water partition coefficient (Wildman–Crippen LogP) is 5.91. The van der Waals surface area contributed by atoms with Crippen molar-refractivity contribution in [1.82, 2.24) is 61.6 Å². The Morgan fingerprint density at radius 1 is 0.277 bits per heavy atom. The first-order chi connectivity index (χ1) is 22.9. The minimum absolute atomic E-state index is 0. The molecule has 4 aromatic heterocycles. The summed E-state index contributed by atoms with van der Waals surface area (Å²) in [7, 11) is 0. The number of benzene rings is 4. The van der Waals surface area contributed by atoms with Gasteiger partial charge in [-0.15, -0.1) is 0 Å². The van der Waals surface area contributed by atoms with Gasteiger partial charge in [0.15, 0.2) is 0 Å². The number of aromatic amines is 4. The van der Waals surface area contributed by atoms with E-state index in [2.05, 4.69) is 183 Å². The third kappa shape index (κ3) is 13.1. The van der Waals surface area contributed by atoms with Crippen molar-refractivity contribution in [3.8, 4) is 0 Å². The fourth-order valence-electron chi connectivity index (χ4n) is 4.00. The number of rotatable bonds is 4. The Bertz CT molecular complexity index is 1460. The van der Waals surface area contributed by atoms with Gasteiger partial charge in [-0.1, -0.05) is 121 Å². The van der Waals surface area contributed by atoms with Crippen LogP contribution in [0.5, 0.6) is 0 Å². The molecule has 0 radical (unpaired) electrons.